The van der Waals surface area contributed by atoms with Crippen LogP contribution in [0.4, 0.5) is 0 Å². The van der Waals surface area contributed by atoms with Crippen LogP contribution in [0.2, 0.25) is 0 Å². The fourth-order valence-electron chi connectivity index (χ4n) is 4.97. The third-order valence-electron chi connectivity index (χ3n) is 6.22. The third kappa shape index (κ3) is 2.28. The van der Waals surface area contributed by atoms with Crippen LogP contribution < -0.4 is 4.74 Å². The highest BCUT2D eigenvalue weighted by molar-refractivity contribution is 6.10. The number of ether oxygens (including phenoxy) is 2. The molecule has 2 aromatic carbocycles. The van der Waals surface area contributed by atoms with Crippen LogP contribution in [0.25, 0.3) is 0 Å². The molecule has 5 nitrogen and oxygen atoms in total. The van der Waals surface area contributed by atoms with E-state index in [1.807, 2.05) is 12.1 Å². The van der Waals surface area contributed by atoms with Crippen molar-refractivity contribution in [2.75, 3.05) is 33.4 Å². The molecule has 0 amide bonds. The van der Waals surface area contributed by atoms with Gasteiger partial charge in [0.2, 0.25) is 0 Å². The zero-order valence-electron chi connectivity index (χ0n) is 15.7. The zero-order chi connectivity index (χ0) is 18.4. The van der Waals surface area contributed by atoms with Gasteiger partial charge in [-0.3, -0.25) is 4.90 Å². The van der Waals surface area contributed by atoms with Crippen molar-refractivity contribution in [3.8, 4) is 5.75 Å². The molecule has 0 spiro atoms. The maximum Gasteiger partial charge on any atom is 0.162 e. The van der Waals surface area contributed by atoms with E-state index in [0.717, 1.165) is 43.3 Å². The Hall–Kier alpha value is -2.37. The highest BCUT2D eigenvalue weighted by Gasteiger charge is 2.62. The van der Waals surface area contributed by atoms with Crippen molar-refractivity contribution in [3.05, 3.63) is 65.2 Å². The van der Waals surface area contributed by atoms with Crippen molar-refractivity contribution < 1.29 is 14.3 Å². The summed E-state index contributed by atoms with van der Waals surface area (Å²) in [5.41, 5.74) is 4.38. The summed E-state index contributed by atoms with van der Waals surface area (Å²) in [4.78, 5) is 8.64. The van der Waals surface area contributed by atoms with Crippen molar-refractivity contribution in [1.29, 1.82) is 0 Å². The fraction of sp³-hybridized carbons (Fsp3) is 0.409. The number of rotatable bonds is 3. The molecular formula is C22H24N2O3. The van der Waals surface area contributed by atoms with Gasteiger partial charge in [-0.05, 0) is 35.4 Å². The van der Waals surface area contributed by atoms with Crippen LogP contribution in [0.15, 0.2) is 53.7 Å². The molecule has 3 atom stereocenters. The van der Waals surface area contributed by atoms with E-state index < -0.39 is 0 Å². The molecule has 2 aromatic rings. The third-order valence-corrected chi connectivity index (χ3v) is 6.22. The number of oxime groups is 1. The number of fused-ring (bicyclic) bond motifs is 3. The average molecular weight is 364 g/mol. The maximum atomic E-state index is 6.13. The molecule has 3 aliphatic rings. The van der Waals surface area contributed by atoms with Gasteiger partial charge in [-0.15, -0.1) is 0 Å². The van der Waals surface area contributed by atoms with Crippen molar-refractivity contribution in [3.63, 3.8) is 0 Å². The minimum atomic E-state index is -0.367. The predicted molar refractivity (Wildman–Crippen MR) is 103 cm³/mol. The maximum absolute atomic E-state index is 6.13. The number of hydrogen-bond acceptors (Lipinski definition) is 5. The molecule has 5 rings (SSSR count). The molecule has 1 fully saturated rings. The standard InChI is InChI=1S/C22H24N2O3/c1-15-18-5-3-4-6-19(18)22(24-11-13-26-14-12-24)20(23-27-21(15)22)16-7-9-17(25-2)10-8-16/h3-10,15,21H,11-14H2,1-2H3/t15-,21+,22-/m0/s1. The van der Waals surface area contributed by atoms with E-state index in [9.17, 15) is 0 Å². The van der Waals surface area contributed by atoms with Gasteiger partial charge in [0.05, 0.1) is 20.3 Å². The van der Waals surface area contributed by atoms with E-state index in [0.29, 0.717) is 0 Å². The topological polar surface area (TPSA) is 43.3 Å². The van der Waals surface area contributed by atoms with Crippen LogP contribution in [0.5, 0.6) is 5.75 Å². The molecule has 0 N–H and O–H groups in total. The summed E-state index contributed by atoms with van der Waals surface area (Å²) in [7, 11) is 1.69. The van der Waals surface area contributed by atoms with E-state index in [-0.39, 0.29) is 17.6 Å². The average Bonchev–Trinajstić information content (AvgIpc) is 3.25. The minimum absolute atomic E-state index is 0.0231. The fourth-order valence-corrected chi connectivity index (χ4v) is 4.97. The number of nitrogens with zero attached hydrogens (tertiary/aromatic N) is 2. The number of methoxy groups -OCH3 is 1. The molecule has 0 aromatic heterocycles. The molecule has 0 saturated carbocycles. The van der Waals surface area contributed by atoms with Crippen LogP contribution in [-0.2, 0) is 15.1 Å². The first-order chi connectivity index (χ1) is 13.3. The van der Waals surface area contributed by atoms with Gasteiger partial charge >= 0.3 is 0 Å². The molecule has 2 aliphatic heterocycles. The molecule has 0 bridgehead atoms. The Morgan fingerprint density at radius 1 is 1.07 bits per heavy atom. The summed E-state index contributed by atoms with van der Waals surface area (Å²) in [5, 5.41) is 4.64. The number of hydrogen-bond donors (Lipinski definition) is 0. The number of benzene rings is 2. The number of morpholine rings is 1. The molecular weight excluding hydrogens is 340 g/mol. The quantitative estimate of drug-likeness (QED) is 0.839. The first-order valence-electron chi connectivity index (χ1n) is 9.57. The van der Waals surface area contributed by atoms with Gasteiger partial charge in [0.1, 0.15) is 17.0 Å². The lowest BCUT2D eigenvalue weighted by atomic mass is 9.79. The SMILES string of the molecule is COc1ccc(C2=NO[C@@H]3[C@@H](C)c4ccccc4[C@]23N2CCOCC2)cc1. The summed E-state index contributed by atoms with van der Waals surface area (Å²) in [6.45, 7) is 5.46. The van der Waals surface area contributed by atoms with E-state index in [2.05, 4.69) is 53.4 Å². The van der Waals surface area contributed by atoms with E-state index in [1.165, 1.54) is 11.1 Å². The molecule has 1 saturated heterocycles. The molecule has 0 unspecified atom stereocenters. The van der Waals surface area contributed by atoms with E-state index >= 15 is 0 Å². The second-order valence-corrected chi connectivity index (χ2v) is 7.44. The molecule has 27 heavy (non-hydrogen) atoms. The zero-order valence-corrected chi connectivity index (χ0v) is 15.7. The van der Waals surface area contributed by atoms with Gasteiger partial charge in [-0.1, -0.05) is 36.3 Å². The van der Waals surface area contributed by atoms with Crippen LogP contribution in [0.3, 0.4) is 0 Å². The van der Waals surface area contributed by atoms with Gasteiger partial charge < -0.3 is 14.3 Å². The second-order valence-electron chi connectivity index (χ2n) is 7.44. The largest absolute Gasteiger partial charge is 0.497 e. The first kappa shape index (κ1) is 16.8. The van der Waals surface area contributed by atoms with Gasteiger partial charge in [0.25, 0.3) is 0 Å². The first-order valence-corrected chi connectivity index (χ1v) is 9.57. The van der Waals surface area contributed by atoms with Gasteiger partial charge in [0, 0.05) is 24.6 Å². The van der Waals surface area contributed by atoms with Gasteiger partial charge in [0.15, 0.2) is 6.10 Å². The van der Waals surface area contributed by atoms with Crippen LogP contribution in [0, 0.1) is 0 Å². The second kappa shape index (κ2) is 6.36. The van der Waals surface area contributed by atoms with Crippen LogP contribution in [-0.4, -0.2) is 50.1 Å². The lowest BCUT2D eigenvalue weighted by molar-refractivity contribution is -0.0545. The summed E-state index contributed by atoms with van der Waals surface area (Å²) in [6, 6.07) is 16.9. The Morgan fingerprint density at radius 3 is 2.56 bits per heavy atom. The Kier molecular flexibility index (Phi) is 3.95. The normalized spacial score (nSPS) is 29.6. The summed E-state index contributed by atoms with van der Waals surface area (Å²) < 4.78 is 11.0. The van der Waals surface area contributed by atoms with Gasteiger partial charge in [-0.2, -0.15) is 0 Å². The molecule has 2 heterocycles. The smallest absolute Gasteiger partial charge is 0.162 e. The van der Waals surface area contributed by atoms with Crippen molar-refractivity contribution in [2.45, 2.75) is 24.5 Å². The molecule has 5 heteroatoms. The van der Waals surface area contributed by atoms with Crippen LogP contribution in [0.1, 0.15) is 29.5 Å². The van der Waals surface area contributed by atoms with Gasteiger partial charge in [-0.25, -0.2) is 0 Å². The van der Waals surface area contributed by atoms with Crippen molar-refractivity contribution in [2.24, 2.45) is 5.16 Å². The Morgan fingerprint density at radius 2 is 1.81 bits per heavy atom. The highest BCUT2D eigenvalue weighted by atomic mass is 16.6. The molecule has 0 radical (unpaired) electrons. The molecule has 140 valence electrons. The highest BCUT2D eigenvalue weighted by Crippen LogP contribution is 2.54. The predicted octanol–water partition coefficient (Wildman–Crippen LogP) is 3.14. The monoisotopic (exact) mass is 364 g/mol. The molecule has 1 aliphatic carbocycles. The lowest BCUT2D eigenvalue weighted by Gasteiger charge is -2.43. The summed E-state index contributed by atoms with van der Waals surface area (Å²) in [5.74, 6) is 1.12. The van der Waals surface area contributed by atoms with Crippen LogP contribution >= 0.6 is 0 Å². The summed E-state index contributed by atoms with van der Waals surface area (Å²) >= 11 is 0. The summed E-state index contributed by atoms with van der Waals surface area (Å²) in [6.07, 6.45) is -0.0231. The van der Waals surface area contributed by atoms with E-state index in [4.69, 9.17) is 14.3 Å². The Balaban J connectivity index is 1.69. The lowest BCUT2D eigenvalue weighted by Crippen LogP contribution is -2.58. The minimum Gasteiger partial charge on any atom is -0.497 e. The Bertz CT molecular complexity index is 873. The van der Waals surface area contributed by atoms with Crippen molar-refractivity contribution >= 4 is 5.71 Å². The van der Waals surface area contributed by atoms with Crippen molar-refractivity contribution in [1.82, 2.24) is 4.90 Å². The Labute approximate surface area is 159 Å². The van der Waals surface area contributed by atoms with E-state index in [1.54, 1.807) is 7.11 Å².